The van der Waals surface area contributed by atoms with Gasteiger partial charge in [0.25, 0.3) is 0 Å². The van der Waals surface area contributed by atoms with Crippen LogP contribution < -0.4 is 2.89 Å². The average Bonchev–Trinajstić information content (AvgIpc) is 3.55. The largest absolute Gasteiger partial charge is 0.258 e. The van der Waals surface area contributed by atoms with Gasteiger partial charge in [0.05, 0.1) is 5.69 Å². The SMILES string of the molecule is CCC[CH2][Sn]([CH2]CCC)([CH2]CCC)[c]1cc2c(C)nn(C)c2s1.Cc1nn(C)c2sccc12. The Hall–Kier alpha value is -0.861. The summed E-state index contributed by atoms with van der Waals surface area (Å²) in [7, 11) is 4.09. The third-order valence-corrected chi connectivity index (χ3v) is 27.3. The number of thiophene rings is 2. The molecule has 0 N–H and O–H groups in total. The van der Waals surface area contributed by atoms with Crippen LogP contribution in [0.5, 0.6) is 0 Å². The number of rotatable bonds is 10. The molecule has 0 fully saturated rings. The Kier molecular flexibility index (Phi) is 9.89. The van der Waals surface area contributed by atoms with Crippen molar-refractivity contribution in [3.63, 3.8) is 0 Å². The first-order valence-electron chi connectivity index (χ1n) is 12.7. The Morgan fingerprint density at radius 2 is 1.30 bits per heavy atom. The maximum absolute atomic E-state index is 4.61. The normalized spacial score (nSPS) is 12.0. The van der Waals surface area contributed by atoms with Gasteiger partial charge < -0.3 is 0 Å². The van der Waals surface area contributed by atoms with Crippen molar-refractivity contribution in [2.45, 2.75) is 86.5 Å². The van der Waals surface area contributed by atoms with E-state index in [-0.39, 0.29) is 0 Å². The van der Waals surface area contributed by atoms with Crippen LogP contribution in [-0.2, 0) is 14.1 Å². The van der Waals surface area contributed by atoms with Crippen LogP contribution in [0.2, 0.25) is 13.3 Å². The first-order chi connectivity index (χ1) is 15.9. The second-order valence-corrected chi connectivity index (χ2v) is 25.6. The van der Waals surface area contributed by atoms with Gasteiger partial charge in [-0.05, 0) is 18.4 Å². The van der Waals surface area contributed by atoms with E-state index in [0.29, 0.717) is 0 Å². The van der Waals surface area contributed by atoms with Gasteiger partial charge in [-0.3, -0.25) is 4.68 Å². The molecule has 0 bridgehead atoms. The van der Waals surface area contributed by atoms with Crippen LogP contribution in [0.15, 0.2) is 17.5 Å². The monoisotopic (exact) mass is 594 g/mol. The second kappa shape index (κ2) is 12.2. The van der Waals surface area contributed by atoms with Crippen LogP contribution in [-0.4, -0.2) is 37.9 Å². The topological polar surface area (TPSA) is 35.6 Å². The molecule has 0 unspecified atom stereocenters. The molecule has 182 valence electrons. The van der Waals surface area contributed by atoms with E-state index in [0.717, 1.165) is 5.69 Å². The average molecular weight is 593 g/mol. The van der Waals surface area contributed by atoms with Crippen molar-refractivity contribution in [3.05, 3.63) is 28.9 Å². The first-order valence-corrected chi connectivity index (χ1v) is 21.8. The van der Waals surface area contributed by atoms with Crippen molar-refractivity contribution in [1.29, 1.82) is 0 Å². The molecule has 0 aliphatic heterocycles. The molecule has 0 aliphatic carbocycles. The van der Waals surface area contributed by atoms with Crippen molar-refractivity contribution in [2.24, 2.45) is 14.1 Å². The summed E-state index contributed by atoms with van der Waals surface area (Å²) in [5.41, 5.74) is 2.34. The van der Waals surface area contributed by atoms with Crippen LogP contribution in [0.4, 0.5) is 0 Å². The number of aromatic nitrogens is 4. The molecule has 0 amide bonds. The molecule has 4 aromatic heterocycles. The van der Waals surface area contributed by atoms with E-state index in [2.05, 4.69) is 78.5 Å². The maximum atomic E-state index is 4.61. The fraction of sp³-hybridized carbons (Fsp3) is 0.615. The van der Waals surface area contributed by atoms with Crippen LogP contribution >= 0.6 is 22.7 Å². The molecular weight excluding hydrogens is 551 g/mol. The molecule has 4 rings (SSSR count). The Labute approximate surface area is 212 Å². The summed E-state index contributed by atoms with van der Waals surface area (Å²) in [5.74, 6) is 0. The summed E-state index contributed by atoms with van der Waals surface area (Å²) >= 11 is 1.59. The van der Waals surface area contributed by atoms with Gasteiger partial charge >= 0.3 is 151 Å². The van der Waals surface area contributed by atoms with Crippen LogP contribution in [0.1, 0.15) is 70.7 Å². The minimum atomic E-state index is -2.25. The third kappa shape index (κ3) is 6.04. The Morgan fingerprint density at radius 3 is 1.79 bits per heavy atom. The predicted molar refractivity (Wildman–Crippen MR) is 151 cm³/mol. The number of unbranched alkanes of at least 4 members (excludes halogenated alkanes) is 3. The van der Waals surface area contributed by atoms with Crippen LogP contribution in [0, 0.1) is 13.8 Å². The summed E-state index contributed by atoms with van der Waals surface area (Å²) in [5, 5.41) is 13.7. The van der Waals surface area contributed by atoms with E-state index in [1.165, 1.54) is 64.7 Å². The molecule has 7 heteroatoms. The van der Waals surface area contributed by atoms with Crippen LogP contribution in [0.25, 0.3) is 20.4 Å². The number of nitrogens with zero attached hydrogens (tertiary/aromatic N) is 4. The van der Waals surface area contributed by atoms with Gasteiger partial charge in [-0.15, -0.1) is 11.3 Å². The molecule has 0 atom stereocenters. The van der Waals surface area contributed by atoms with E-state index < -0.39 is 18.4 Å². The molecule has 0 aliphatic rings. The number of hydrogen-bond acceptors (Lipinski definition) is 4. The van der Waals surface area contributed by atoms with Crippen LogP contribution in [0.3, 0.4) is 0 Å². The van der Waals surface area contributed by atoms with E-state index in [1.54, 1.807) is 24.6 Å². The molecule has 4 nitrogen and oxygen atoms in total. The molecule has 4 aromatic rings. The third-order valence-electron chi connectivity index (χ3n) is 6.87. The minimum Gasteiger partial charge on any atom is -0.258 e. The fourth-order valence-electron chi connectivity index (χ4n) is 4.91. The molecule has 0 saturated heterocycles. The van der Waals surface area contributed by atoms with Crippen molar-refractivity contribution in [1.82, 2.24) is 19.6 Å². The molecule has 4 heterocycles. The predicted octanol–water partition coefficient (Wildman–Crippen LogP) is 7.94. The van der Waals surface area contributed by atoms with E-state index in [9.17, 15) is 0 Å². The Morgan fingerprint density at radius 1 is 0.788 bits per heavy atom. The van der Waals surface area contributed by atoms with Gasteiger partial charge in [0.15, 0.2) is 0 Å². The van der Waals surface area contributed by atoms with Gasteiger partial charge in [0.1, 0.15) is 4.83 Å². The van der Waals surface area contributed by atoms with Gasteiger partial charge in [0.2, 0.25) is 0 Å². The quantitative estimate of drug-likeness (QED) is 0.175. The maximum Gasteiger partial charge on any atom is 0.121 e. The summed E-state index contributed by atoms with van der Waals surface area (Å²) in [6.45, 7) is 11.3. The standard InChI is InChI=1S/C7H8N2S.C7H7N2S.3C4H9.Sn/c2*1-5-6-3-4-10-7(6)9(2)8-5;3*1-3-4-2;/h3-4H,1-2H3;3H,1-2H3;3*1,3-4H2,2H3;. The number of hydrogen-bond donors (Lipinski definition) is 0. The zero-order chi connectivity index (χ0) is 24.0. The molecule has 33 heavy (non-hydrogen) atoms. The number of aryl methyl sites for hydroxylation is 4. The van der Waals surface area contributed by atoms with E-state index in [1.807, 2.05) is 21.5 Å². The molecule has 0 saturated carbocycles. The Bertz CT molecular complexity index is 1060. The van der Waals surface area contributed by atoms with E-state index >= 15 is 0 Å². The van der Waals surface area contributed by atoms with Crippen molar-refractivity contribution in [3.8, 4) is 0 Å². The Balaban J connectivity index is 0.000000252. The fourth-order valence-corrected chi connectivity index (χ4v) is 26.0. The number of fused-ring (bicyclic) bond motifs is 2. The molecule has 0 spiro atoms. The van der Waals surface area contributed by atoms with Gasteiger partial charge in [0, 0.05) is 12.4 Å². The minimum absolute atomic E-state index is 1.12. The molecular formula is C26H42N4S2Sn. The first kappa shape index (κ1) is 26.7. The second-order valence-electron chi connectivity index (χ2n) is 9.48. The summed E-state index contributed by atoms with van der Waals surface area (Å²) in [4.78, 5) is 2.67. The van der Waals surface area contributed by atoms with Gasteiger partial charge in [-0.1, -0.05) is 0 Å². The molecule has 0 aromatic carbocycles. The summed E-state index contributed by atoms with van der Waals surface area (Å²) < 4.78 is 10.5. The smallest absolute Gasteiger partial charge is 0.121 e. The molecule has 0 radical (unpaired) electrons. The van der Waals surface area contributed by atoms with Crippen molar-refractivity contribution < 1.29 is 0 Å². The van der Waals surface area contributed by atoms with Crippen molar-refractivity contribution >= 4 is 64.4 Å². The summed E-state index contributed by atoms with van der Waals surface area (Å²) in [6, 6.07) is 4.68. The van der Waals surface area contributed by atoms with Gasteiger partial charge in [-0.2, -0.15) is 5.10 Å². The zero-order valence-corrected chi connectivity index (χ0v) is 26.2. The van der Waals surface area contributed by atoms with E-state index in [4.69, 9.17) is 0 Å². The zero-order valence-electron chi connectivity index (χ0n) is 21.7. The van der Waals surface area contributed by atoms with Crippen molar-refractivity contribution in [2.75, 3.05) is 0 Å². The summed E-state index contributed by atoms with van der Waals surface area (Å²) in [6.07, 6.45) is 8.37. The van der Waals surface area contributed by atoms with Gasteiger partial charge in [-0.25, -0.2) is 0 Å².